The van der Waals surface area contributed by atoms with Crippen LogP contribution < -0.4 is 14.5 Å². The maximum Gasteiger partial charge on any atom is 0.137 e. The first-order valence-electron chi connectivity index (χ1n) is 25.8. The average molecular weight is 928 g/mol. The molecule has 5 heteroatoms. The molecule has 0 aliphatic carbocycles. The number of aryl methyl sites for hydroxylation is 1. The van der Waals surface area contributed by atoms with Gasteiger partial charge in [0.2, 0.25) is 0 Å². The van der Waals surface area contributed by atoms with Gasteiger partial charge >= 0.3 is 0 Å². The quantitative estimate of drug-likeness (QED) is 0.137. The molecular weight excluding hydrogens is 877 g/mol. The third-order valence-electron chi connectivity index (χ3n) is 13.8. The van der Waals surface area contributed by atoms with E-state index in [1.807, 2.05) is 72.9 Å². The van der Waals surface area contributed by atoms with E-state index in [4.69, 9.17) is 9.72 Å². The van der Waals surface area contributed by atoms with Crippen molar-refractivity contribution in [2.45, 2.75) is 6.92 Å². The molecule has 72 heavy (non-hydrogen) atoms. The number of aromatic nitrogens is 2. The van der Waals surface area contributed by atoms with E-state index < -0.39 is 0 Å². The highest BCUT2D eigenvalue weighted by molar-refractivity contribution is 6.12. The summed E-state index contributed by atoms with van der Waals surface area (Å²) in [6, 6.07) is 80.8. The third-order valence-corrected chi connectivity index (χ3v) is 13.8. The van der Waals surface area contributed by atoms with Crippen molar-refractivity contribution in [2.24, 2.45) is 0 Å². The van der Waals surface area contributed by atoms with Crippen LogP contribution >= 0.6 is 0 Å². The minimum absolute atomic E-state index is 0.0582. The van der Waals surface area contributed by atoms with Crippen molar-refractivity contribution in [1.29, 1.82) is 0 Å². The van der Waals surface area contributed by atoms with Gasteiger partial charge in [0.25, 0.3) is 0 Å². The summed E-state index contributed by atoms with van der Waals surface area (Å²) in [5.41, 5.74) is 16.7. The fourth-order valence-corrected chi connectivity index (χ4v) is 10.4. The smallest absolute Gasteiger partial charge is 0.137 e. The van der Waals surface area contributed by atoms with Gasteiger partial charge in [0, 0.05) is 57.0 Å². The van der Waals surface area contributed by atoms with E-state index in [0.29, 0.717) is 18.1 Å². The molecule has 10 aromatic carbocycles. The molecule has 12 aromatic rings. The molecule has 13 rings (SSSR count). The van der Waals surface area contributed by atoms with Crippen molar-refractivity contribution in [3.05, 3.63) is 266 Å². The largest absolute Gasteiger partial charge is 0.457 e. The van der Waals surface area contributed by atoms with E-state index >= 15 is 0 Å². The molecule has 5 nitrogen and oxygen atoms in total. The molecule has 0 atom stereocenters. The third kappa shape index (κ3) is 7.65. The second-order valence-corrected chi connectivity index (χ2v) is 18.2. The summed E-state index contributed by atoms with van der Waals surface area (Å²) in [7, 11) is 0. The van der Waals surface area contributed by atoms with Crippen molar-refractivity contribution in [1.82, 2.24) is 9.55 Å². The van der Waals surface area contributed by atoms with Crippen molar-refractivity contribution in [3.8, 4) is 73.0 Å². The fourth-order valence-electron chi connectivity index (χ4n) is 10.4. The molecule has 0 unspecified atom stereocenters. The minimum Gasteiger partial charge on any atom is -0.457 e. The highest BCUT2D eigenvalue weighted by atomic mass is 16.5. The zero-order chi connectivity index (χ0) is 50.6. The van der Waals surface area contributed by atoms with Crippen LogP contribution in [0.15, 0.2) is 261 Å². The SMILES string of the molecule is [2H]c1c(Oc2cc3c(cc2-c2ccccc2)c2cc(-c4ccccc4)ccc2n3-c2cc(C)c(-c3ccccc3)cn2)cc(N2CN(c3c(-c4ccccc4)cccc3-c3ccccc3)c3ccccc32)c([2H])c1[2H]. The van der Waals surface area contributed by atoms with Crippen molar-refractivity contribution in [3.63, 3.8) is 0 Å². The Kier molecular flexibility index (Phi) is 9.92. The Morgan fingerprint density at radius 3 is 1.60 bits per heavy atom. The highest BCUT2D eigenvalue weighted by Gasteiger charge is 2.31. The second-order valence-electron chi connectivity index (χ2n) is 18.2. The van der Waals surface area contributed by atoms with E-state index in [0.717, 1.165) is 106 Å². The summed E-state index contributed by atoms with van der Waals surface area (Å²) >= 11 is 0. The van der Waals surface area contributed by atoms with Crippen LogP contribution in [-0.4, -0.2) is 16.2 Å². The van der Waals surface area contributed by atoms with Crippen LogP contribution in [0.4, 0.5) is 22.7 Å². The Morgan fingerprint density at radius 1 is 0.444 bits per heavy atom. The van der Waals surface area contributed by atoms with Gasteiger partial charge in [0.1, 0.15) is 24.0 Å². The Hall–Kier alpha value is -9.45. The predicted octanol–water partition coefficient (Wildman–Crippen LogP) is 17.9. The molecule has 1 aliphatic heterocycles. The van der Waals surface area contributed by atoms with Crippen LogP contribution in [0.3, 0.4) is 0 Å². The number of para-hydroxylation sites is 3. The molecule has 0 fully saturated rings. The molecule has 1 aliphatic rings. The molecule has 0 spiro atoms. The zero-order valence-electron chi connectivity index (χ0n) is 42.5. The molecule has 0 bridgehead atoms. The number of hydrogen-bond acceptors (Lipinski definition) is 4. The number of fused-ring (bicyclic) bond motifs is 4. The highest BCUT2D eigenvalue weighted by Crippen LogP contribution is 2.51. The summed E-state index contributed by atoms with van der Waals surface area (Å²) in [6.45, 7) is 2.47. The first kappa shape index (κ1) is 39.4. The number of rotatable bonds is 10. The lowest BCUT2D eigenvalue weighted by atomic mass is 9.95. The van der Waals surface area contributed by atoms with Gasteiger partial charge in [0.05, 0.1) is 32.2 Å². The Labute approximate surface area is 424 Å². The predicted molar refractivity (Wildman–Crippen MR) is 299 cm³/mol. The summed E-state index contributed by atoms with van der Waals surface area (Å²) in [6.07, 6.45) is 1.96. The van der Waals surface area contributed by atoms with Gasteiger partial charge in [-0.2, -0.15) is 0 Å². The van der Waals surface area contributed by atoms with Crippen molar-refractivity contribution >= 4 is 44.6 Å². The number of pyridine rings is 1. The van der Waals surface area contributed by atoms with Crippen LogP contribution in [0.5, 0.6) is 11.5 Å². The van der Waals surface area contributed by atoms with Gasteiger partial charge in [-0.1, -0.05) is 194 Å². The number of ether oxygens (including phenoxy) is 1. The lowest BCUT2D eigenvalue weighted by molar-refractivity contribution is 0.485. The van der Waals surface area contributed by atoms with E-state index in [1.165, 1.54) is 0 Å². The van der Waals surface area contributed by atoms with Gasteiger partial charge in [-0.05, 0) is 94.4 Å². The maximum atomic E-state index is 9.55. The second kappa shape index (κ2) is 18.1. The van der Waals surface area contributed by atoms with Crippen LogP contribution in [0.25, 0.3) is 83.3 Å². The fraction of sp³-hybridized carbons (Fsp3) is 0.0299. The number of nitrogens with zero attached hydrogens (tertiary/aromatic N) is 4. The van der Waals surface area contributed by atoms with Crippen LogP contribution in [-0.2, 0) is 0 Å². The van der Waals surface area contributed by atoms with Gasteiger partial charge in [-0.25, -0.2) is 4.98 Å². The van der Waals surface area contributed by atoms with Crippen LogP contribution in [0.1, 0.15) is 9.68 Å². The lowest BCUT2D eigenvalue weighted by Gasteiger charge is -2.27. The minimum atomic E-state index is -0.226. The van der Waals surface area contributed by atoms with Gasteiger partial charge in [-0.3, -0.25) is 4.57 Å². The number of benzene rings is 10. The zero-order valence-corrected chi connectivity index (χ0v) is 39.5. The van der Waals surface area contributed by atoms with Crippen molar-refractivity contribution < 1.29 is 8.85 Å². The molecule has 0 radical (unpaired) electrons. The van der Waals surface area contributed by atoms with E-state index in [-0.39, 0.29) is 23.9 Å². The van der Waals surface area contributed by atoms with Crippen LogP contribution in [0.2, 0.25) is 0 Å². The Bertz CT molecular complexity index is 4050. The molecule has 342 valence electrons. The summed E-state index contributed by atoms with van der Waals surface area (Å²) in [5, 5.41) is 2.06. The number of hydrogen-bond donors (Lipinski definition) is 0. The average Bonchev–Trinajstić information content (AvgIpc) is 4.01. The molecule has 2 aromatic heterocycles. The van der Waals surface area contributed by atoms with Crippen LogP contribution in [0, 0.1) is 6.92 Å². The summed E-state index contributed by atoms with van der Waals surface area (Å²) < 4.78 is 37.7. The molecule has 0 amide bonds. The first-order valence-corrected chi connectivity index (χ1v) is 24.3. The maximum absolute atomic E-state index is 9.55. The molecular formula is C67H48N4O. The van der Waals surface area contributed by atoms with E-state index in [2.05, 4.69) is 185 Å². The first-order chi connectivity index (χ1) is 36.9. The van der Waals surface area contributed by atoms with E-state index in [1.54, 1.807) is 6.07 Å². The monoisotopic (exact) mass is 927 g/mol. The summed E-state index contributed by atoms with van der Waals surface area (Å²) in [5.74, 6) is 1.43. The molecule has 0 saturated heterocycles. The van der Waals surface area contributed by atoms with Crippen molar-refractivity contribution in [2.75, 3.05) is 16.5 Å². The molecule has 3 heterocycles. The Balaban J connectivity index is 0.981. The standard InChI is InChI=1S/C67H48N4O/c1-46-39-66(68-44-60(46)51-29-15-6-16-30-51)71-61-38-37-52(47-21-7-2-8-22-47)40-58(61)59-42-57(50-27-13-5-14-28-50)65(43-64(59)71)72-54-32-19-31-53(41-54)69-45-70(63-36-18-17-35-62(63)69)67-55(48-23-9-3-10-24-48)33-20-34-56(67)49-25-11-4-12-26-49/h2-44H,45H2,1H3/i19D,31D,32D. The van der Waals surface area contributed by atoms with E-state index in [9.17, 15) is 4.11 Å². The lowest BCUT2D eigenvalue weighted by Crippen LogP contribution is -2.24. The van der Waals surface area contributed by atoms with Gasteiger partial charge in [-0.15, -0.1) is 0 Å². The topological polar surface area (TPSA) is 33.5 Å². The van der Waals surface area contributed by atoms with Gasteiger partial charge < -0.3 is 14.5 Å². The molecule has 0 saturated carbocycles. The summed E-state index contributed by atoms with van der Waals surface area (Å²) in [4.78, 5) is 9.54. The van der Waals surface area contributed by atoms with Gasteiger partial charge in [0.15, 0.2) is 0 Å². The normalized spacial score (nSPS) is 12.7. The Morgan fingerprint density at radius 2 is 0.986 bits per heavy atom. The molecule has 0 N–H and O–H groups in total. The number of anilines is 4.